The van der Waals surface area contributed by atoms with E-state index in [1.54, 1.807) is 24.5 Å². The average Bonchev–Trinajstić information content (AvgIpc) is 3.31. The van der Waals surface area contributed by atoms with Crippen molar-refractivity contribution in [1.29, 1.82) is 0 Å². The maximum atomic E-state index is 14.1. The van der Waals surface area contributed by atoms with Crippen LogP contribution >= 0.6 is 0 Å². The molecule has 3 aromatic rings. The molecule has 13 heteroatoms. The highest BCUT2D eigenvalue weighted by Gasteiger charge is 2.70. The first-order valence-corrected chi connectivity index (χ1v) is 14.4. The minimum absolute atomic E-state index is 0.126. The lowest BCUT2D eigenvalue weighted by Gasteiger charge is -2.35. The Balaban J connectivity index is 1.50. The Labute approximate surface area is 228 Å². The predicted molar refractivity (Wildman–Crippen MR) is 144 cm³/mol. The lowest BCUT2D eigenvalue weighted by molar-refractivity contribution is -0.140. The summed E-state index contributed by atoms with van der Waals surface area (Å²) in [6.07, 6.45) is 3.56. The van der Waals surface area contributed by atoms with Crippen molar-refractivity contribution >= 4 is 38.8 Å². The van der Waals surface area contributed by atoms with E-state index in [0.29, 0.717) is 35.3 Å². The number of nitrogens with one attached hydrogen (secondary N) is 1. The quantitative estimate of drug-likeness (QED) is 0.412. The normalized spacial score (nSPS) is 24.0. The van der Waals surface area contributed by atoms with Gasteiger partial charge in [0.05, 0.1) is 11.0 Å². The molecule has 1 aliphatic carbocycles. The molecule has 4 heterocycles. The van der Waals surface area contributed by atoms with E-state index in [4.69, 9.17) is 0 Å². The van der Waals surface area contributed by atoms with Crippen molar-refractivity contribution in [1.82, 2.24) is 13.9 Å². The zero-order valence-corrected chi connectivity index (χ0v) is 22.2. The summed E-state index contributed by atoms with van der Waals surface area (Å²) in [7, 11) is -4.35. The first-order valence-electron chi connectivity index (χ1n) is 12.9. The van der Waals surface area contributed by atoms with Crippen LogP contribution in [0.25, 0.3) is 28.2 Å². The number of aliphatic hydroxyl groups is 1. The molecule has 40 heavy (non-hydrogen) atoms. The number of H-pyrrole nitrogens is 1. The molecule has 10 nitrogen and oxygen atoms in total. The molecule has 3 aliphatic rings. The van der Waals surface area contributed by atoms with E-state index in [1.165, 1.54) is 22.9 Å². The number of halogens is 2. The van der Waals surface area contributed by atoms with Crippen LogP contribution < -0.4 is 10.5 Å². The van der Waals surface area contributed by atoms with Gasteiger partial charge in [-0.1, -0.05) is 6.58 Å². The number of anilines is 1. The molecule has 1 aromatic carbocycles. The number of alkyl halides is 2. The van der Waals surface area contributed by atoms with Crippen LogP contribution in [-0.2, 0) is 14.8 Å². The van der Waals surface area contributed by atoms with Crippen molar-refractivity contribution in [2.45, 2.75) is 48.6 Å². The van der Waals surface area contributed by atoms with Crippen LogP contribution in [0.2, 0.25) is 0 Å². The summed E-state index contributed by atoms with van der Waals surface area (Å²) in [5.74, 6) is -4.03. The largest absolute Gasteiger partial charge is 0.480 e. The number of hydrogen-bond donors (Lipinski definition) is 3. The number of aromatic nitrogens is 2. The maximum absolute atomic E-state index is 14.1. The summed E-state index contributed by atoms with van der Waals surface area (Å²) in [5.41, 5.74) is 0.489. The lowest BCUT2D eigenvalue weighted by Crippen LogP contribution is -2.40. The van der Waals surface area contributed by atoms with Gasteiger partial charge in [-0.3, -0.25) is 14.2 Å². The fourth-order valence-corrected chi connectivity index (χ4v) is 7.85. The molecule has 0 unspecified atom stereocenters. The molecular formula is C27H28F2N4O6S. The predicted octanol–water partition coefficient (Wildman–Crippen LogP) is 2.93. The monoisotopic (exact) mass is 574 g/mol. The number of piperidine rings is 1. The van der Waals surface area contributed by atoms with E-state index >= 15 is 0 Å². The number of aliphatic hydroxyl groups excluding tert-OH is 1. The highest BCUT2D eigenvalue weighted by molar-refractivity contribution is 7.89. The Bertz CT molecular complexity index is 1710. The van der Waals surface area contributed by atoms with Gasteiger partial charge >= 0.3 is 5.97 Å². The third-order valence-corrected chi connectivity index (χ3v) is 10.5. The summed E-state index contributed by atoms with van der Waals surface area (Å²) in [5, 5.41) is 20.2. The van der Waals surface area contributed by atoms with Gasteiger partial charge in [-0.2, -0.15) is 4.31 Å². The van der Waals surface area contributed by atoms with Gasteiger partial charge in [-0.05, 0) is 37.1 Å². The van der Waals surface area contributed by atoms with Crippen LogP contribution in [-0.4, -0.2) is 76.2 Å². The summed E-state index contributed by atoms with van der Waals surface area (Å²) in [6.45, 7) is 4.01. The molecule has 3 N–H and O–H groups in total. The van der Waals surface area contributed by atoms with Gasteiger partial charge in [-0.25, -0.2) is 17.2 Å². The maximum Gasteiger partial charge on any atom is 0.322 e. The molecule has 6 rings (SSSR count). The third-order valence-electron chi connectivity index (χ3n) is 8.61. The number of aromatic amines is 1. The van der Waals surface area contributed by atoms with E-state index in [0.717, 1.165) is 4.31 Å². The number of β-amino-alcohol motifs (C(OH)–C–C–N with tert-alkyl or cyclic N) is 1. The minimum atomic E-state index is -4.35. The Hall–Kier alpha value is -3.55. The smallest absolute Gasteiger partial charge is 0.322 e. The second-order valence-electron chi connectivity index (χ2n) is 10.8. The van der Waals surface area contributed by atoms with Crippen molar-refractivity contribution in [2.24, 2.45) is 5.41 Å². The molecule has 1 saturated carbocycles. The number of pyridine rings is 1. The van der Waals surface area contributed by atoms with Crippen molar-refractivity contribution in [3.8, 4) is 11.1 Å². The first-order chi connectivity index (χ1) is 18.9. The lowest BCUT2D eigenvalue weighted by atomic mass is 9.91. The number of sulfonamides is 1. The van der Waals surface area contributed by atoms with Crippen molar-refractivity contribution in [3.63, 3.8) is 0 Å². The van der Waals surface area contributed by atoms with Crippen LogP contribution in [0.4, 0.5) is 14.5 Å². The van der Waals surface area contributed by atoms with Crippen LogP contribution in [0.1, 0.15) is 25.7 Å². The van der Waals surface area contributed by atoms with Crippen molar-refractivity contribution < 1.29 is 32.2 Å². The number of carboxylic acid groups (broad SMARTS) is 1. The Kier molecular flexibility index (Phi) is 5.99. The average molecular weight is 575 g/mol. The summed E-state index contributed by atoms with van der Waals surface area (Å²) < 4.78 is 57.6. The highest BCUT2D eigenvalue weighted by atomic mass is 32.2. The molecule has 0 radical (unpaired) electrons. The number of hydrogen-bond acceptors (Lipinski definition) is 6. The topological polar surface area (TPSA) is 136 Å². The van der Waals surface area contributed by atoms with Crippen LogP contribution in [0, 0.1) is 5.41 Å². The number of aliphatic carboxylic acids is 1. The SMILES string of the molecule is C=Cn1cc(-c2cc(S(=O)(=O)N3C[C@H](O)C[C@H]3C(=O)O)ccc2N2CCC3(CC2)CC3(F)F)c2cc[nH]c2c1=O. The molecular weight excluding hydrogens is 546 g/mol. The van der Waals surface area contributed by atoms with E-state index < -0.39 is 39.5 Å². The van der Waals surface area contributed by atoms with E-state index in [2.05, 4.69) is 11.6 Å². The molecule has 3 fully saturated rings. The van der Waals surface area contributed by atoms with E-state index in [9.17, 15) is 37.0 Å². The molecule has 212 valence electrons. The Morgan fingerprint density at radius 3 is 2.50 bits per heavy atom. The second-order valence-corrected chi connectivity index (χ2v) is 12.7. The number of fused-ring (bicyclic) bond motifs is 1. The van der Waals surface area contributed by atoms with Gasteiger partial charge in [0.2, 0.25) is 10.0 Å². The molecule has 1 spiro atoms. The molecule has 0 bridgehead atoms. The minimum Gasteiger partial charge on any atom is -0.480 e. The van der Waals surface area contributed by atoms with Gasteiger partial charge < -0.3 is 20.1 Å². The first kappa shape index (κ1) is 26.7. The highest BCUT2D eigenvalue weighted by Crippen LogP contribution is 2.66. The Morgan fingerprint density at radius 2 is 1.88 bits per heavy atom. The summed E-state index contributed by atoms with van der Waals surface area (Å²) in [4.78, 5) is 29.3. The standard InChI is InChI=1S/C27H28F2N4O6S/c1-2-31-14-20(18-5-8-30-23(18)24(31)35)19-12-17(40(38,39)33-13-16(34)11-22(33)25(36)37)3-4-21(19)32-9-6-26(7-10-32)15-27(26,28)29/h2-5,8,12,14,16,22,30,34H,1,6-7,9-11,13,15H2,(H,36,37)/t16-,22+/m1/s1. The van der Waals surface area contributed by atoms with Gasteiger partial charge in [0.25, 0.3) is 11.5 Å². The number of carbonyl (C=O) groups is 1. The molecule has 2 aromatic heterocycles. The van der Waals surface area contributed by atoms with Gasteiger partial charge in [0.15, 0.2) is 0 Å². The second kappa shape index (κ2) is 8.98. The summed E-state index contributed by atoms with van der Waals surface area (Å²) >= 11 is 0. The van der Waals surface area contributed by atoms with Gasteiger partial charge in [0, 0.05) is 78.7 Å². The van der Waals surface area contributed by atoms with Crippen LogP contribution in [0.15, 0.2) is 52.9 Å². The summed E-state index contributed by atoms with van der Waals surface area (Å²) in [6, 6.07) is 4.66. The third kappa shape index (κ3) is 3.98. The van der Waals surface area contributed by atoms with Crippen molar-refractivity contribution in [2.75, 3.05) is 24.5 Å². The molecule has 2 saturated heterocycles. The Morgan fingerprint density at radius 1 is 1.18 bits per heavy atom. The van der Waals surface area contributed by atoms with Gasteiger partial charge in [0.1, 0.15) is 11.6 Å². The van der Waals surface area contributed by atoms with Crippen molar-refractivity contribution in [3.05, 3.63) is 53.6 Å². The fraction of sp³-hybridized carbons (Fsp3) is 0.407. The number of rotatable bonds is 6. The fourth-order valence-electron chi connectivity index (χ4n) is 6.19. The molecule has 2 atom stereocenters. The van der Waals surface area contributed by atoms with Crippen LogP contribution in [0.3, 0.4) is 0 Å². The number of nitrogens with zero attached hydrogens (tertiary/aromatic N) is 3. The van der Waals surface area contributed by atoms with Gasteiger partial charge in [-0.15, -0.1) is 0 Å². The van der Waals surface area contributed by atoms with E-state index in [1.807, 2.05) is 4.90 Å². The zero-order valence-electron chi connectivity index (χ0n) is 21.4. The number of carboxylic acids is 1. The zero-order chi connectivity index (χ0) is 28.6. The van der Waals surface area contributed by atoms with Crippen LogP contribution in [0.5, 0.6) is 0 Å². The van der Waals surface area contributed by atoms with E-state index in [-0.39, 0.29) is 48.2 Å². The molecule has 2 aliphatic heterocycles. The number of benzene rings is 1. The molecule has 0 amide bonds.